The van der Waals surface area contributed by atoms with Crippen LogP contribution >= 0.6 is 0 Å². The van der Waals surface area contributed by atoms with Gasteiger partial charge in [0.25, 0.3) is 0 Å². The second kappa shape index (κ2) is 4.63. The molecule has 9 heteroatoms. The average molecular weight is 281 g/mol. The molecule has 3 rings (SSSR count). The lowest BCUT2D eigenvalue weighted by molar-refractivity contribution is -0.0246. The summed E-state index contributed by atoms with van der Waals surface area (Å²) >= 11 is 0. The lowest BCUT2D eigenvalue weighted by Gasteiger charge is -2.14. The Hall–Kier alpha value is -1.81. The molecule has 20 heavy (non-hydrogen) atoms. The van der Waals surface area contributed by atoms with E-state index in [1.165, 1.54) is 11.0 Å². The lowest BCUT2D eigenvalue weighted by Crippen LogP contribution is -2.32. The second-order valence-corrected chi connectivity index (χ2v) is 4.72. The number of anilines is 1. The Morgan fingerprint density at radius 3 is 2.70 bits per heavy atom. The van der Waals surface area contributed by atoms with Crippen LogP contribution in [0.25, 0.3) is 11.0 Å². The van der Waals surface area contributed by atoms with Gasteiger partial charge in [-0.1, -0.05) is 0 Å². The van der Waals surface area contributed by atoms with Gasteiger partial charge in [-0.2, -0.15) is 5.10 Å². The highest BCUT2D eigenvalue weighted by molar-refractivity contribution is 5.86. The van der Waals surface area contributed by atoms with Crippen molar-refractivity contribution in [3.8, 4) is 0 Å². The van der Waals surface area contributed by atoms with E-state index in [9.17, 15) is 10.2 Å². The van der Waals surface area contributed by atoms with Crippen molar-refractivity contribution in [3.63, 3.8) is 0 Å². The van der Waals surface area contributed by atoms with Gasteiger partial charge in [0, 0.05) is 7.05 Å². The van der Waals surface area contributed by atoms with Crippen molar-refractivity contribution in [2.75, 3.05) is 12.3 Å². The number of nitrogens with zero attached hydrogens (tertiary/aromatic N) is 4. The van der Waals surface area contributed by atoms with Gasteiger partial charge >= 0.3 is 0 Å². The van der Waals surface area contributed by atoms with Crippen LogP contribution in [0.2, 0.25) is 0 Å². The van der Waals surface area contributed by atoms with E-state index < -0.39 is 24.4 Å². The van der Waals surface area contributed by atoms with E-state index in [4.69, 9.17) is 15.6 Å². The van der Waals surface area contributed by atoms with Gasteiger partial charge in [0.05, 0.1) is 12.3 Å². The summed E-state index contributed by atoms with van der Waals surface area (Å²) in [5.74, 6) is 0.226. The molecule has 108 valence electrons. The summed E-state index contributed by atoms with van der Waals surface area (Å²) in [7, 11) is 1.66. The molecule has 0 aliphatic carbocycles. The molecule has 0 bridgehead atoms. The highest BCUT2D eigenvalue weighted by Gasteiger charge is 2.45. The van der Waals surface area contributed by atoms with Crippen LogP contribution in [0.5, 0.6) is 0 Å². The van der Waals surface area contributed by atoms with Crippen LogP contribution < -0.4 is 5.73 Å². The third-order valence-corrected chi connectivity index (χ3v) is 3.50. The Morgan fingerprint density at radius 2 is 2.05 bits per heavy atom. The zero-order chi connectivity index (χ0) is 14.4. The maximum absolute atomic E-state index is 10.1. The molecule has 0 saturated carbocycles. The molecule has 0 spiro atoms. The summed E-state index contributed by atoms with van der Waals surface area (Å²) in [5.41, 5.74) is 7.07. The molecule has 1 fully saturated rings. The minimum atomic E-state index is -1.18. The Kier molecular flexibility index (Phi) is 3.05. The average Bonchev–Trinajstić information content (AvgIpc) is 2.90. The number of aryl methyl sites for hydroxylation is 1. The van der Waals surface area contributed by atoms with Crippen molar-refractivity contribution in [1.82, 2.24) is 19.7 Å². The van der Waals surface area contributed by atoms with Crippen molar-refractivity contribution < 1.29 is 20.1 Å². The van der Waals surface area contributed by atoms with E-state index in [1.54, 1.807) is 7.05 Å². The molecule has 0 radical (unpaired) electrons. The summed E-state index contributed by atoms with van der Waals surface area (Å²) in [6.45, 7) is -0.387. The van der Waals surface area contributed by atoms with E-state index in [1.807, 2.05) is 0 Å². The normalized spacial score (nSPS) is 30.2. The van der Waals surface area contributed by atoms with Gasteiger partial charge in [-0.3, -0.25) is 4.68 Å². The summed E-state index contributed by atoms with van der Waals surface area (Å²) < 4.78 is 6.98. The van der Waals surface area contributed by atoms with Crippen LogP contribution in [0.1, 0.15) is 11.8 Å². The summed E-state index contributed by atoms with van der Waals surface area (Å²) in [5, 5.41) is 33.2. The monoisotopic (exact) mass is 281 g/mol. The van der Waals surface area contributed by atoms with Crippen molar-refractivity contribution in [2.24, 2.45) is 7.05 Å². The van der Waals surface area contributed by atoms with Gasteiger partial charge in [0.15, 0.2) is 11.3 Å². The summed E-state index contributed by atoms with van der Waals surface area (Å²) in [4.78, 5) is 7.96. The molecule has 3 heterocycles. The molecule has 1 saturated heterocycles. The van der Waals surface area contributed by atoms with E-state index in [0.29, 0.717) is 16.7 Å². The van der Waals surface area contributed by atoms with Gasteiger partial charge in [-0.15, -0.1) is 0 Å². The highest BCUT2D eigenvalue weighted by atomic mass is 16.6. The fourth-order valence-electron chi connectivity index (χ4n) is 2.48. The number of rotatable bonds is 2. The van der Waals surface area contributed by atoms with Gasteiger partial charge in [0.1, 0.15) is 36.3 Å². The maximum Gasteiger partial charge on any atom is 0.155 e. The fraction of sp³-hybridized carbons (Fsp3) is 0.545. The van der Waals surface area contributed by atoms with Crippen molar-refractivity contribution in [1.29, 1.82) is 0 Å². The maximum atomic E-state index is 10.1. The molecule has 2 aromatic rings. The lowest BCUT2D eigenvalue weighted by atomic mass is 10.1. The molecule has 1 aliphatic heterocycles. The zero-order valence-corrected chi connectivity index (χ0v) is 10.7. The summed E-state index contributed by atoms with van der Waals surface area (Å²) in [6.07, 6.45) is -2.74. The highest BCUT2D eigenvalue weighted by Crippen LogP contribution is 2.36. The minimum Gasteiger partial charge on any atom is -0.394 e. The van der Waals surface area contributed by atoms with Crippen LogP contribution in [0, 0.1) is 0 Å². The van der Waals surface area contributed by atoms with Crippen LogP contribution in [-0.4, -0.2) is 60.0 Å². The molecule has 1 aliphatic rings. The van der Waals surface area contributed by atoms with Gasteiger partial charge in [-0.25, -0.2) is 9.97 Å². The van der Waals surface area contributed by atoms with Crippen molar-refractivity contribution in [3.05, 3.63) is 12.0 Å². The number of nitrogens with two attached hydrogens (primary N) is 1. The molecule has 0 aromatic carbocycles. The van der Waals surface area contributed by atoms with Crippen LogP contribution in [-0.2, 0) is 11.8 Å². The molecule has 5 N–H and O–H groups in total. The SMILES string of the molecule is Cn1nc2c(N)ncnc2c1C1O[C@H](CO)[C@@H](O)[C@H]1O. The molecule has 2 aromatic heterocycles. The topological polar surface area (TPSA) is 140 Å². The molecule has 1 unspecified atom stereocenters. The zero-order valence-electron chi connectivity index (χ0n) is 10.7. The number of aliphatic hydroxyl groups is 3. The predicted molar refractivity (Wildman–Crippen MR) is 67.4 cm³/mol. The number of aromatic nitrogens is 4. The van der Waals surface area contributed by atoms with Gasteiger partial charge in [0.2, 0.25) is 0 Å². The molecule has 9 nitrogen and oxygen atoms in total. The first-order valence-corrected chi connectivity index (χ1v) is 6.10. The first-order chi connectivity index (χ1) is 9.54. The van der Waals surface area contributed by atoms with E-state index in [2.05, 4.69) is 15.1 Å². The quantitative estimate of drug-likeness (QED) is 0.500. The number of hydrogen-bond donors (Lipinski definition) is 4. The van der Waals surface area contributed by atoms with Crippen LogP contribution in [0.3, 0.4) is 0 Å². The molecule has 4 atom stereocenters. The molecule has 0 amide bonds. The summed E-state index contributed by atoms with van der Waals surface area (Å²) in [6, 6.07) is 0. The molecular weight excluding hydrogens is 266 g/mol. The van der Waals surface area contributed by atoms with Crippen molar-refractivity contribution in [2.45, 2.75) is 24.4 Å². The minimum absolute atomic E-state index is 0.226. The second-order valence-electron chi connectivity index (χ2n) is 4.72. The fourth-order valence-corrected chi connectivity index (χ4v) is 2.48. The standard InChI is InChI=1S/C11H15N5O4/c1-16-7(5-6(15-16)11(12)14-3-13-5)10-9(19)8(18)4(2-17)20-10/h3-4,8-10,17-19H,2H2,1H3,(H2,12,13,14)/t4-,8-,9-,10?/m1/s1. The van der Waals surface area contributed by atoms with Crippen molar-refractivity contribution >= 4 is 16.9 Å². The number of hydrogen-bond acceptors (Lipinski definition) is 8. The van der Waals surface area contributed by atoms with Gasteiger partial charge < -0.3 is 25.8 Å². The predicted octanol–water partition coefficient (Wildman–Crippen LogP) is -1.90. The van der Waals surface area contributed by atoms with E-state index in [-0.39, 0.29) is 12.4 Å². The third kappa shape index (κ3) is 1.75. The number of fused-ring (bicyclic) bond motifs is 1. The van der Waals surface area contributed by atoms with Crippen LogP contribution in [0.15, 0.2) is 6.33 Å². The Balaban J connectivity index is 2.11. The van der Waals surface area contributed by atoms with Gasteiger partial charge in [-0.05, 0) is 0 Å². The smallest absolute Gasteiger partial charge is 0.155 e. The number of nitrogen functional groups attached to an aromatic ring is 1. The van der Waals surface area contributed by atoms with Crippen LogP contribution in [0.4, 0.5) is 5.82 Å². The number of ether oxygens (including phenoxy) is 1. The Bertz CT molecular complexity index is 645. The largest absolute Gasteiger partial charge is 0.394 e. The third-order valence-electron chi connectivity index (χ3n) is 3.50. The first kappa shape index (κ1) is 13.2. The number of aliphatic hydroxyl groups excluding tert-OH is 3. The molecular formula is C11H15N5O4. The first-order valence-electron chi connectivity index (χ1n) is 6.10. The Labute approximate surface area is 113 Å². The van der Waals surface area contributed by atoms with E-state index >= 15 is 0 Å². The van der Waals surface area contributed by atoms with E-state index in [0.717, 1.165) is 0 Å². The Morgan fingerprint density at radius 1 is 1.30 bits per heavy atom.